The molecule has 0 spiro atoms. The van der Waals surface area contributed by atoms with Crippen LogP contribution in [0.4, 0.5) is 13.2 Å². The number of ether oxygens (including phenoxy) is 3. The molecule has 0 unspecified atom stereocenters. The number of fused-ring (bicyclic) bond motifs is 1. The lowest BCUT2D eigenvalue weighted by Crippen LogP contribution is -2.41. The highest BCUT2D eigenvalue weighted by atomic mass is 35.5. The van der Waals surface area contributed by atoms with Gasteiger partial charge in [0, 0.05) is 5.02 Å². The van der Waals surface area contributed by atoms with Gasteiger partial charge in [-0.3, -0.25) is 9.36 Å². The zero-order valence-electron chi connectivity index (χ0n) is 22.0. The maximum absolute atomic E-state index is 14.2. The molecule has 2 heterocycles. The maximum Gasteiger partial charge on any atom is 0.434 e. The molecule has 212 valence electrons. The van der Waals surface area contributed by atoms with Crippen molar-refractivity contribution in [3.63, 3.8) is 0 Å². The minimum atomic E-state index is -4.99. The van der Waals surface area contributed by atoms with Crippen molar-refractivity contribution in [1.82, 2.24) is 4.57 Å². The van der Waals surface area contributed by atoms with Crippen LogP contribution in [0, 0.1) is 0 Å². The van der Waals surface area contributed by atoms with Crippen LogP contribution in [0.3, 0.4) is 0 Å². The van der Waals surface area contributed by atoms with E-state index in [1.807, 2.05) is 20.8 Å². The number of rotatable bonds is 8. The molecule has 7 nitrogen and oxygen atoms in total. The lowest BCUT2D eigenvalue weighted by molar-refractivity contribution is -0.140. The molecular formula is C28H26ClF3N2O5S. The van der Waals surface area contributed by atoms with Crippen LogP contribution in [0.15, 0.2) is 63.5 Å². The number of aromatic nitrogens is 1. The molecule has 0 bridgehead atoms. The molecule has 0 saturated carbocycles. The summed E-state index contributed by atoms with van der Waals surface area (Å²) in [5.41, 5.74) is -2.00. The monoisotopic (exact) mass is 594 g/mol. The van der Waals surface area contributed by atoms with Gasteiger partial charge in [0.25, 0.3) is 5.56 Å². The van der Waals surface area contributed by atoms with Crippen molar-refractivity contribution < 1.29 is 32.2 Å². The average molecular weight is 595 g/mol. The normalized spacial score (nSPS) is 15.6. The summed E-state index contributed by atoms with van der Waals surface area (Å²) in [5.74, 6) is -0.234. The second-order valence-corrected chi connectivity index (χ2v) is 10.4. The van der Waals surface area contributed by atoms with Crippen LogP contribution in [-0.4, -0.2) is 36.0 Å². The van der Waals surface area contributed by atoms with E-state index in [1.165, 1.54) is 37.3 Å². The summed E-state index contributed by atoms with van der Waals surface area (Å²) in [7, 11) is 0. The molecule has 0 saturated heterocycles. The standard InChI is InChI=1S/C28H26ClF3N2O5S/c1-5-37-20-13-16(7-12-19(20)39-15(3)4)14-21-25(35)34-23(17-8-10-18(29)11-9-17)22(26(36)38-6-2)24(28(30,31)32)33-27(34)40-21/h7-15,23H,5-6H2,1-4H3/b21-14-/t23-/m1/s1. The van der Waals surface area contributed by atoms with Gasteiger partial charge in [-0.05, 0) is 69.2 Å². The molecule has 1 atom stereocenters. The highest BCUT2D eigenvalue weighted by Crippen LogP contribution is 2.38. The molecule has 12 heteroatoms. The first-order valence-electron chi connectivity index (χ1n) is 12.4. The fraction of sp³-hybridized carbons (Fsp3) is 0.321. The number of carbonyl (C=O) groups is 1. The summed E-state index contributed by atoms with van der Waals surface area (Å²) in [6, 6.07) is 9.52. The number of benzene rings is 2. The lowest BCUT2D eigenvalue weighted by Gasteiger charge is -2.26. The van der Waals surface area contributed by atoms with E-state index >= 15 is 0 Å². The van der Waals surface area contributed by atoms with Gasteiger partial charge in [0.15, 0.2) is 22.0 Å². The Labute approximate surface area is 236 Å². The molecule has 0 aliphatic carbocycles. The molecule has 4 rings (SSSR count). The first kappa shape index (κ1) is 29.4. The number of thiazole rings is 1. The minimum absolute atomic E-state index is 0.0990. The van der Waals surface area contributed by atoms with Gasteiger partial charge in [-0.1, -0.05) is 41.1 Å². The zero-order valence-corrected chi connectivity index (χ0v) is 23.6. The number of halogens is 4. The second kappa shape index (κ2) is 11.9. The highest BCUT2D eigenvalue weighted by molar-refractivity contribution is 7.07. The molecular weight excluding hydrogens is 569 g/mol. The Bertz CT molecular complexity index is 1630. The molecule has 2 aromatic carbocycles. The van der Waals surface area contributed by atoms with Crippen molar-refractivity contribution in [2.75, 3.05) is 13.2 Å². The number of allylic oxidation sites excluding steroid dienone is 1. The van der Waals surface area contributed by atoms with Gasteiger partial charge in [0.1, 0.15) is 0 Å². The molecule has 1 aromatic heterocycles. The number of carbonyl (C=O) groups excluding carboxylic acids is 1. The largest absolute Gasteiger partial charge is 0.490 e. The first-order chi connectivity index (χ1) is 18.9. The Kier molecular flexibility index (Phi) is 8.74. The molecule has 0 N–H and O–H groups in total. The summed E-state index contributed by atoms with van der Waals surface area (Å²) in [4.78, 5) is 30.2. The number of hydrogen-bond acceptors (Lipinski definition) is 7. The molecule has 0 radical (unpaired) electrons. The van der Waals surface area contributed by atoms with Gasteiger partial charge >= 0.3 is 12.1 Å². The average Bonchev–Trinajstić information content (AvgIpc) is 3.19. The first-order valence-corrected chi connectivity index (χ1v) is 13.6. The predicted octanol–water partition coefficient (Wildman–Crippen LogP) is 5.18. The maximum atomic E-state index is 14.2. The van der Waals surface area contributed by atoms with Gasteiger partial charge < -0.3 is 14.2 Å². The van der Waals surface area contributed by atoms with Crippen LogP contribution in [-0.2, 0) is 9.53 Å². The SMILES string of the molecule is CCOC(=O)C1=C(C(F)(F)F)N=c2s/c(=C\c3ccc(OC(C)C)c(OCC)c3)c(=O)n2[C@@H]1c1ccc(Cl)cc1. The van der Waals surface area contributed by atoms with Crippen molar-refractivity contribution in [1.29, 1.82) is 0 Å². The van der Waals surface area contributed by atoms with Crippen molar-refractivity contribution in [2.45, 2.75) is 46.0 Å². The minimum Gasteiger partial charge on any atom is -0.490 e. The van der Waals surface area contributed by atoms with Crippen LogP contribution in [0.25, 0.3) is 6.08 Å². The summed E-state index contributed by atoms with van der Waals surface area (Å²) >= 11 is 6.79. The van der Waals surface area contributed by atoms with Gasteiger partial charge in [-0.15, -0.1) is 0 Å². The van der Waals surface area contributed by atoms with Gasteiger partial charge in [0.2, 0.25) is 0 Å². The number of esters is 1. The zero-order chi connectivity index (χ0) is 29.2. The smallest absolute Gasteiger partial charge is 0.434 e. The second-order valence-electron chi connectivity index (χ2n) is 8.92. The number of alkyl halides is 3. The van der Waals surface area contributed by atoms with Crippen molar-refractivity contribution in [3.05, 3.63) is 89.6 Å². The molecule has 1 aliphatic rings. The van der Waals surface area contributed by atoms with Crippen LogP contribution in [0.5, 0.6) is 11.5 Å². The van der Waals surface area contributed by atoms with E-state index in [4.69, 9.17) is 25.8 Å². The Hall–Kier alpha value is -3.57. The van der Waals surface area contributed by atoms with E-state index in [0.717, 1.165) is 15.9 Å². The number of nitrogens with zero attached hydrogens (tertiary/aromatic N) is 2. The van der Waals surface area contributed by atoms with E-state index in [1.54, 1.807) is 18.2 Å². The van der Waals surface area contributed by atoms with Crippen LogP contribution >= 0.6 is 22.9 Å². The Morgan fingerprint density at radius 2 is 1.82 bits per heavy atom. The predicted molar refractivity (Wildman–Crippen MR) is 146 cm³/mol. The molecule has 3 aromatic rings. The molecule has 0 fully saturated rings. The summed E-state index contributed by atoms with van der Waals surface area (Å²) < 4.78 is 60.4. The van der Waals surface area contributed by atoms with Crippen molar-refractivity contribution in [3.8, 4) is 11.5 Å². The summed E-state index contributed by atoms with van der Waals surface area (Å²) in [6.07, 6.45) is -3.55. The van der Waals surface area contributed by atoms with E-state index in [2.05, 4.69) is 4.99 Å². The fourth-order valence-electron chi connectivity index (χ4n) is 4.19. The topological polar surface area (TPSA) is 79.1 Å². The van der Waals surface area contributed by atoms with Crippen LogP contribution in [0.1, 0.15) is 44.9 Å². The Morgan fingerprint density at radius 1 is 1.12 bits per heavy atom. The Balaban J connectivity index is 1.96. The van der Waals surface area contributed by atoms with Crippen molar-refractivity contribution >= 4 is 35.0 Å². The molecule has 0 amide bonds. The summed E-state index contributed by atoms with van der Waals surface area (Å²) in [5, 5.41) is 0.337. The lowest BCUT2D eigenvalue weighted by atomic mass is 9.95. The summed E-state index contributed by atoms with van der Waals surface area (Å²) in [6.45, 7) is 7.26. The van der Waals surface area contributed by atoms with E-state index in [0.29, 0.717) is 28.7 Å². The van der Waals surface area contributed by atoms with Crippen LogP contribution < -0.4 is 24.4 Å². The number of hydrogen-bond donors (Lipinski definition) is 0. The van der Waals surface area contributed by atoms with E-state index in [9.17, 15) is 22.8 Å². The third-order valence-corrected chi connectivity index (χ3v) is 6.94. The van der Waals surface area contributed by atoms with Crippen molar-refractivity contribution in [2.24, 2.45) is 4.99 Å². The van der Waals surface area contributed by atoms with Crippen LogP contribution in [0.2, 0.25) is 5.02 Å². The quantitative estimate of drug-likeness (QED) is 0.336. The van der Waals surface area contributed by atoms with Gasteiger partial charge in [-0.25, -0.2) is 9.79 Å². The van der Waals surface area contributed by atoms with E-state index < -0.39 is 35.0 Å². The third kappa shape index (κ3) is 6.10. The van der Waals surface area contributed by atoms with Gasteiger partial charge in [0.05, 0.1) is 35.5 Å². The van der Waals surface area contributed by atoms with Gasteiger partial charge in [-0.2, -0.15) is 13.2 Å². The molecule has 1 aliphatic heterocycles. The highest BCUT2D eigenvalue weighted by Gasteiger charge is 2.45. The van der Waals surface area contributed by atoms with E-state index in [-0.39, 0.29) is 27.6 Å². The Morgan fingerprint density at radius 3 is 2.42 bits per heavy atom. The fourth-order valence-corrected chi connectivity index (χ4v) is 5.31. The third-order valence-electron chi connectivity index (χ3n) is 5.71. The molecule has 40 heavy (non-hydrogen) atoms.